The van der Waals surface area contributed by atoms with Crippen LogP contribution in [0.15, 0.2) is 12.1 Å². The molecule has 0 spiro atoms. The number of halogens is 1. The molecule has 2 heterocycles. The van der Waals surface area contributed by atoms with Gasteiger partial charge < -0.3 is 10.2 Å². The first kappa shape index (κ1) is 19.8. The normalized spacial score (nSPS) is 25.2. The Kier molecular flexibility index (Phi) is 7.12. The number of amides is 1. The molecule has 0 unspecified atom stereocenters. The summed E-state index contributed by atoms with van der Waals surface area (Å²) in [5.74, 6) is 1.32. The smallest absolute Gasteiger partial charge is 0.217 e. The topological polar surface area (TPSA) is 49.4 Å². The average molecular weight is 397 g/mol. The highest BCUT2D eigenvalue weighted by atomic mass is 35.5. The van der Waals surface area contributed by atoms with Gasteiger partial charge in [0.25, 0.3) is 0 Å². The van der Waals surface area contributed by atoms with E-state index in [0.717, 1.165) is 56.1 Å². The Morgan fingerprint density at radius 1 is 1.15 bits per heavy atom. The van der Waals surface area contributed by atoms with E-state index in [9.17, 15) is 9.59 Å². The minimum atomic E-state index is 0.0932. The van der Waals surface area contributed by atoms with Gasteiger partial charge in [-0.05, 0) is 82.6 Å². The van der Waals surface area contributed by atoms with Gasteiger partial charge in [-0.15, -0.1) is 11.3 Å². The third-order valence-corrected chi connectivity index (χ3v) is 7.13. The molecule has 3 rings (SSSR count). The summed E-state index contributed by atoms with van der Waals surface area (Å²) < 4.78 is 0.694. The molecule has 0 atom stereocenters. The molecule has 0 bridgehead atoms. The number of rotatable bonds is 6. The number of hydrogen-bond acceptors (Lipinski definition) is 4. The van der Waals surface area contributed by atoms with Crippen LogP contribution < -0.4 is 5.32 Å². The monoisotopic (exact) mass is 396 g/mol. The molecule has 1 aromatic rings. The zero-order chi connectivity index (χ0) is 18.5. The van der Waals surface area contributed by atoms with Crippen molar-refractivity contribution in [3.8, 4) is 0 Å². The fourth-order valence-electron chi connectivity index (χ4n) is 4.31. The summed E-state index contributed by atoms with van der Waals surface area (Å²) in [4.78, 5) is 27.0. The first-order valence-corrected chi connectivity index (χ1v) is 11.0. The van der Waals surface area contributed by atoms with Crippen molar-refractivity contribution in [3.05, 3.63) is 21.3 Å². The number of nitrogens with zero attached hydrogens (tertiary/aromatic N) is 1. The summed E-state index contributed by atoms with van der Waals surface area (Å²) in [6.07, 6.45) is 7.84. The Labute approximate surface area is 165 Å². The Balaban J connectivity index is 1.34. The van der Waals surface area contributed by atoms with Gasteiger partial charge in [-0.1, -0.05) is 11.6 Å². The van der Waals surface area contributed by atoms with Crippen LogP contribution >= 0.6 is 22.9 Å². The Morgan fingerprint density at radius 2 is 1.85 bits per heavy atom. The zero-order valence-corrected chi connectivity index (χ0v) is 17.1. The summed E-state index contributed by atoms with van der Waals surface area (Å²) >= 11 is 7.35. The van der Waals surface area contributed by atoms with E-state index in [0.29, 0.717) is 10.4 Å². The maximum absolute atomic E-state index is 12.5. The number of nitrogens with one attached hydrogen (secondary N) is 1. The van der Waals surface area contributed by atoms with Crippen molar-refractivity contribution in [1.82, 2.24) is 10.2 Å². The van der Waals surface area contributed by atoms with Crippen molar-refractivity contribution >= 4 is 34.6 Å². The van der Waals surface area contributed by atoms with E-state index in [4.69, 9.17) is 11.6 Å². The Bertz CT molecular complexity index is 617. The predicted molar refractivity (Wildman–Crippen MR) is 107 cm³/mol. The standard InChI is InChI=1S/C20H29ClN2O2S/c1-14(24)22-17-4-2-15(3-5-17)8-11-23-12-9-16(10-13-23)20(25)18-6-7-19(21)26-18/h6-7,15-17H,2-5,8-13H2,1H3,(H,22,24)/t15-,17-. The van der Waals surface area contributed by atoms with Gasteiger partial charge in [0.2, 0.25) is 5.91 Å². The van der Waals surface area contributed by atoms with Gasteiger partial charge in [0.15, 0.2) is 5.78 Å². The second-order valence-corrected chi connectivity index (χ2v) is 9.51. The van der Waals surface area contributed by atoms with Crippen molar-refractivity contribution < 1.29 is 9.59 Å². The number of piperidine rings is 1. The molecule has 1 saturated heterocycles. The lowest BCUT2D eigenvalue weighted by atomic mass is 9.83. The predicted octanol–water partition coefficient (Wildman–Crippen LogP) is 4.38. The lowest BCUT2D eigenvalue weighted by molar-refractivity contribution is -0.119. The third-order valence-electron chi connectivity index (χ3n) is 5.88. The van der Waals surface area contributed by atoms with E-state index in [1.807, 2.05) is 12.1 Å². The first-order valence-electron chi connectivity index (χ1n) is 9.80. The van der Waals surface area contributed by atoms with Gasteiger partial charge in [-0.25, -0.2) is 0 Å². The fourth-order valence-corrected chi connectivity index (χ4v) is 5.38. The van der Waals surface area contributed by atoms with E-state index in [1.54, 1.807) is 6.92 Å². The summed E-state index contributed by atoms with van der Waals surface area (Å²) in [5.41, 5.74) is 0. The van der Waals surface area contributed by atoms with Crippen LogP contribution in [0.2, 0.25) is 4.34 Å². The molecule has 1 saturated carbocycles. The summed E-state index contributed by atoms with van der Waals surface area (Å²) in [7, 11) is 0. The summed E-state index contributed by atoms with van der Waals surface area (Å²) in [6.45, 7) is 4.79. The highest BCUT2D eigenvalue weighted by Gasteiger charge is 2.27. The lowest BCUT2D eigenvalue weighted by Crippen LogP contribution is -2.39. The number of thiophene rings is 1. The molecular weight excluding hydrogens is 368 g/mol. The van der Waals surface area contributed by atoms with Crippen molar-refractivity contribution in [2.45, 2.75) is 57.9 Å². The molecule has 1 aromatic heterocycles. The minimum Gasteiger partial charge on any atom is -0.354 e. The van der Waals surface area contributed by atoms with E-state index in [-0.39, 0.29) is 17.6 Å². The van der Waals surface area contributed by atoms with Crippen LogP contribution in [-0.2, 0) is 4.79 Å². The van der Waals surface area contributed by atoms with E-state index >= 15 is 0 Å². The van der Waals surface area contributed by atoms with Crippen LogP contribution in [0.4, 0.5) is 0 Å². The van der Waals surface area contributed by atoms with E-state index < -0.39 is 0 Å². The molecule has 0 aromatic carbocycles. The van der Waals surface area contributed by atoms with Gasteiger partial charge >= 0.3 is 0 Å². The highest BCUT2D eigenvalue weighted by molar-refractivity contribution is 7.18. The molecule has 1 N–H and O–H groups in total. The molecule has 1 aliphatic heterocycles. The maximum atomic E-state index is 12.5. The molecule has 4 nitrogen and oxygen atoms in total. The van der Waals surface area contributed by atoms with Crippen molar-refractivity contribution in [2.75, 3.05) is 19.6 Å². The van der Waals surface area contributed by atoms with Crippen LogP contribution in [-0.4, -0.2) is 42.3 Å². The first-order chi connectivity index (χ1) is 12.5. The number of ketones is 1. The Morgan fingerprint density at radius 3 is 2.42 bits per heavy atom. The third kappa shape index (κ3) is 5.54. The van der Waals surface area contributed by atoms with Crippen LogP contribution in [0, 0.1) is 11.8 Å². The fraction of sp³-hybridized carbons (Fsp3) is 0.700. The second-order valence-electron chi connectivity index (χ2n) is 7.79. The van der Waals surface area contributed by atoms with Crippen molar-refractivity contribution in [3.63, 3.8) is 0 Å². The number of carbonyl (C=O) groups is 2. The number of likely N-dealkylation sites (tertiary alicyclic amines) is 1. The number of hydrogen-bond donors (Lipinski definition) is 1. The molecule has 2 aliphatic rings. The summed E-state index contributed by atoms with van der Waals surface area (Å²) in [6, 6.07) is 4.06. The molecule has 2 fully saturated rings. The molecule has 6 heteroatoms. The summed E-state index contributed by atoms with van der Waals surface area (Å²) in [5, 5.41) is 3.05. The highest BCUT2D eigenvalue weighted by Crippen LogP contribution is 2.30. The molecule has 0 radical (unpaired) electrons. The van der Waals surface area contributed by atoms with Crippen molar-refractivity contribution in [2.24, 2.45) is 11.8 Å². The second kappa shape index (κ2) is 9.34. The minimum absolute atomic E-state index is 0.0932. The number of carbonyl (C=O) groups excluding carboxylic acids is 2. The SMILES string of the molecule is CC(=O)N[C@H]1CC[C@H](CCN2CCC(C(=O)c3ccc(Cl)s3)CC2)CC1. The van der Waals surface area contributed by atoms with Gasteiger partial charge in [-0.2, -0.15) is 0 Å². The van der Waals surface area contributed by atoms with Crippen LogP contribution in [0.1, 0.15) is 61.5 Å². The van der Waals surface area contributed by atoms with E-state index in [2.05, 4.69) is 10.2 Å². The zero-order valence-electron chi connectivity index (χ0n) is 15.5. The van der Waals surface area contributed by atoms with Gasteiger partial charge in [0, 0.05) is 18.9 Å². The molecule has 1 aliphatic carbocycles. The van der Waals surface area contributed by atoms with Crippen LogP contribution in [0.5, 0.6) is 0 Å². The Hall–Kier alpha value is -0.910. The largest absolute Gasteiger partial charge is 0.354 e. The molecule has 1 amide bonds. The molecule has 26 heavy (non-hydrogen) atoms. The maximum Gasteiger partial charge on any atom is 0.217 e. The lowest BCUT2D eigenvalue weighted by Gasteiger charge is -2.34. The average Bonchev–Trinajstić information content (AvgIpc) is 3.07. The van der Waals surface area contributed by atoms with Crippen molar-refractivity contribution in [1.29, 1.82) is 0 Å². The van der Waals surface area contributed by atoms with Gasteiger partial charge in [0.1, 0.15) is 0 Å². The van der Waals surface area contributed by atoms with Crippen LogP contribution in [0.25, 0.3) is 0 Å². The molecule has 144 valence electrons. The number of Topliss-reactive ketones (excluding diaryl/α,β-unsaturated/α-hetero) is 1. The van der Waals surface area contributed by atoms with E-state index in [1.165, 1.54) is 30.6 Å². The van der Waals surface area contributed by atoms with Crippen LogP contribution in [0.3, 0.4) is 0 Å². The quantitative estimate of drug-likeness (QED) is 0.726. The van der Waals surface area contributed by atoms with Gasteiger partial charge in [-0.3, -0.25) is 9.59 Å². The van der Waals surface area contributed by atoms with Gasteiger partial charge in [0.05, 0.1) is 9.21 Å². The molecular formula is C20H29ClN2O2S.